The summed E-state index contributed by atoms with van der Waals surface area (Å²) < 4.78 is 42.5. The number of aromatic amines is 2. The Balaban J connectivity index is 0.000000192. The number of benzene rings is 2. The molecule has 12 aromatic heterocycles. The molecule has 14 rings (SSSR count). The molecule has 0 aliphatic rings. The maximum atomic E-state index is 13.2. The first-order chi connectivity index (χ1) is 57.7. The minimum atomic E-state index is -0.419. The summed E-state index contributed by atoms with van der Waals surface area (Å²) >= 11 is 0. The van der Waals surface area contributed by atoms with E-state index in [-0.39, 0.29) is 42.8 Å². The lowest BCUT2D eigenvalue weighted by molar-refractivity contribution is -0.123. The number of hydrogen-bond donors (Lipinski definition) is 9. The zero-order valence-electron chi connectivity index (χ0n) is 64.3. The van der Waals surface area contributed by atoms with Gasteiger partial charge in [0.25, 0.3) is 37.1 Å². The van der Waals surface area contributed by atoms with Gasteiger partial charge in [-0.15, -0.1) is 0 Å². The average molecular weight is 1610 g/mol. The van der Waals surface area contributed by atoms with Crippen molar-refractivity contribution in [3.05, 3.63) is 253 Å². The van der Waals surface area contributed by atoms with Crippen LogP contribution in [0.2, 0.25) is 0 Å². The van der Waals surface area contributed by atoms with E-state index in [9.17, 15) is 14.4 Å². The standard InChI is InChI=1S/2C27H27N7O3.C24H25N7O4.3CH2O2/c2*1-36-13-14-37-12-11-34-18-25(26(33-34)23-6-2-3-10-28-23)31-27(35)24-7-4-5-21(30-24)16-19-8-9-22-20(15-19)17-29-32-22;1-33-13-14-34-12-11-31-16-20(23(30-31)18-5-2-3-9-26-18)29-24(32)19-6-4-7-22(28-19)35-17-8-10-27-21(25)15-17;3*2-1-3/h2*2-10,15,17-18H,11-14,16H2,1H3,(H,29,32)(H,31,35);2-10,15-16H,11-14H2,1H3,(H2,25,27)(H,29,32);3*1H,(H,2,3). The Morgan fingerprint density at radius 1 is 0.432 bits per heavy atom. The smallest absolute Gasteiger partial charge is 0.290 e. The van der Waals surface area contributed by atoms with Crippen molar-refractivity contribution in [3.63, 3.8) is 0 Å². The minimum absolute atomic E-state index is 0.173. The number of anilines is 4. The molecule has 0 spiro atoms. The van der Waals surface area contributed by atoms with E-state index in [2.05, 4.69) is 98.7 Å². The summed E-state index contributed by atoms with van der Waals surface area (Å²) in [5.74, 6) is -0.0242. The Labute approximate surface area is 674 Å². The zero-order valence-corrected chi connectivity index (χ0v) is 64.3. The Morgan fingerprint density at radius 3 is 1.18 bits per heavy atom. The molecule has 0 radical (unpaired) electrons. The summed E-state index contributed by atoms with van der Waals surface area (Å²) in [6.07, 6.45) is 16.7. The van der Waals surface area contributed by atoms with Gasteiger partial charge in [0.2, 0.25) is 5.88 Å². The van der Waals surface area contributed by atoms with Gasteiger partial charge in [-0.3, -0.25) is 68.0 Å². The number of fused-ring (bicyclic) bond motifs is 2. The first-order valence-electron chi connectivity index (χ1n) is 36.2. The molecule has 0 saturated carbocycles. The lowest BCUT2D eigenvalue weighted by Gasteiger charge is -2.08. The second-order valence-corrected chi connectivity index (χ2v) is 24.4. The van der Waals surface area contributed by atoms with Crippen molar-refractivity contribution < 1.29 is 77.2 Å². The number of nitrogens with zero attached hydrogens (tertiary/aromatic N) is 15. The fourth-order valence-corrected chi connectivity index (χ4v) is 11.0. The van der Waals surface area contributed by atoms with Crippen molar-refractivity contribution in [2.45, 2.75) is 32.5 Å². The number of pyridine rings is 7. The lowest BCUT2D eigenvalue weighted by Crippen LogP contribution is -2.15. The van der Waals surface area contributed by atoms with E-state index in [1.165, 1.54) is 6.20 Å². The average Bonchev–Trinajstić information content (AvgIpc) is 1.66. The van der Waals surface area contributed by atoms with E-state index in [1.54, 1.807) is 127 Å². The lowest BCUT2D eigenvalue weighted by atomic mass is 10.1. The van der Waals surface area contributed by atoms with Crippen LogP contribution in [0.25, 0.3) is 56.0 Å². The first kappa shape index (κ1) is 87.2. The van der Waals surface area contributed by atoms with Crippen LogP contribution in [0.5, 0.6) is 11.6 Å². The van der Waals surface area contributed by atoms with E-state index in [4.69, 9.17) is 68.6 Å². The SMILES string of the molecule is COCCOCCn1cc(NC(=O)c2cccc(Cc3ccc4[nH]ncc4c3)n2)c(-c2ccccn2)n1.COCCOCCn1cc(NC(=O)c2cccc(Cc3ccc4[nH]ncc4c3)n2)c(-c2ccccn2)n1.COCCOCCn1cc(NC(=O)c2cccc(Oc3ccnc(N)c3)n2)c(-c2ccccn2)n1.O=CO.O=CO.O=CO. The van der Waals surface area contributed by atoms with Crippen LogP contribution in [0, 0.1) is 0 Å². The highest BCUT2D eigenvalue weighted by Gasteiger charge is 2.22. The highest BCUT2D eigenvalue weighted by molar-refractivity contribution is 6.06. The first-order valence-corrected chi connectivity index (χ1v) is 36.2. The number of H-pyrrole nitrogens is 2. The number of nitrogen functional groups attached to an aromatic ring is 1. The van der Waals surface area contributed by atoms with E-state index in [1.807, 2.05) is 103 Å². The Bertz CT molecular complexity index is 5200. The molecule has 10 N–H and O–H groups in total. The van der Waals surface area contributed by atoms with E-state index in [0.717, 1.165) is 44.3 Å². The van der Waals surface area contributed by atoms with Crippen LogP contribution in [0.1, 0.15) is 54.0 Å². The highest BCUT2D eigenvalue weighted by Crippen LogP contribution is 2.30. The Hall–Kier alpha value is -14.8. The summed E-state index contributed by atoms with van der Waals surface area (Å²) in [6, 6.07) is 47.9. The number of hydrogen-bond acceptors (Lipinski definition) is 26. The Kier molecular flexibility index (Phi) is 35.2. The van der Waals surface area contributed by atoms with Crippen LogP contribution < -0.4 is 26.4 Å². The van der Waals surface area contributed by atoms with Crippen molar-refractivity contribution >= 4 is 81.8 Å². The molecule has 3 amide bonds. The molecule has 37 heteroatoms. The van der Waals surface area contributed by atoms with Gasteiger partial charge in [0.05, 0.1) is 137 Å². The third kappa shape index (κ3) is 27.5. The molecule has 0 fully saturated rings. The maximum absolute atomic E-state index is 13.2. The van der Waals surface area contributed by atoms with Gasteiger partial charge in [-0.2, -0.15) is 25.5 Å². The predicted molar refractivity (Wildman–Crippen MR) is 434 cm³/mol. The molecular weight excluding hydrogens is 1520 g/mol. The summed E-state index contributed by atoms with van der Waals surface area (Å²) in [5, 5.41) is 59.5. The molecular formula is C81H85N21O16. The molecule has 610 valence electrons. The van der Waals surface area contributed by atoms with Crippen LogP contribution in [0.15, 0.2) is 213 Å². The van der Waals surface area contributed by atoms with Crippen molar-refractivity contribution in [2.75, 3.05) is 102 Å². The van der Waals surface area contributed by atoms with Crippen LogP contribution >= 0.6 is 0 Å². The van der Waals surface area contributed by atoms with Gasteiger partial charge < -0.3 is 70.2 Å². The highest BCUT2D eigenvalue weighted by atomic mass is 16.5. The van der Waals surface area contributed by atoms with Gasteiger partial charge in [0.15, 0.2) is 0 Å². The maximum Gasteiger partial charge on any atom is 0.290 e. The molecule has 37 nitrogen and oxygen atoms in total. The fourth-order valence-electron chi connectivity index (χ4n) is 11.0. The second-order valence-electron chi connectivity index (χ2n) is 24.4. The number of carboxylic acid groups (broad SMARTS) is 3. The van der Waals surface area contributed by atoms with Crippen LogP contribution in [-0.2, 0) is 75.3 Å². The fraction of sp³-hybridized carbons (Fsp3) is 0.210. The van der Waals surface area contributed by atoms with Gasteiger partial charge in [-0.1, -0.05) is 48.5 Å². The second kappa shape index (κ2) is 47.7. The molecule has 0 aliphatic carbocycles. The van der Waals surface area contributed by atoms with Gasteiger partial charge in [0, 0.05) is 112 Å². The van der Waals surface area contributed by atoms with E-state index >= 15 is 0 Å². The molecule has 14 aromatic rings. The number of carbonyl (C=O) groups is 6. The molecule has 0 atom stereocenters. The monoisotopic (exact) mass is 1610 g/mol. The molecule has 12 heterocycles. The van der Waals surface area contributed by atoms with Crippen molar-refractivity contribution in [3.8, 4) is 45.8 Å². The number of rotatable bonds is 33. The summed E-state index contributed by atoms with van der Waals surface area (Å²) in [6.45, 7) is 5.25. The Morgan fingerprint density at radius 2 is 0.814 bits per heavy atom. The predicted octanol–water partition coefficient (Wildman–Crippen LogP) is 9.57. The van der Waals surface area contributed by atoms with Crippen LogP contribution in [0.4, 0.5) is 22.9 Å². The van der Waals surface area contributed by atoms with Crippen LogP contribution in [-0.4, -0.2) is 218 Å². The summed E-state index contributed by atoms with van der Waals surface area (Å²) in [7, 11) is 4.89. The summed E-state index contributed by atoms with van der Waals surface area (Å²) in [5.41, 5.74) is 17.5. The molecule has 0 bridgehead atoms. The minimum Gasteiger partial charge on any atom is -0.483 e. The number of ether oxygens (including phenoxy) is 7. The molecule has 0 unspecified atom stereocenters. The van der Waals surface area contributed by atoms with Crippen molar-refractivity contribution in [1.82, 2.24) is 84.6 Å². The number of nitrogens with two attached hydrogens (primary N) is 1. The number of nitrogens with one attached hydrogen (secondary N) is 5. The third-order valence-electron chi connectivity index (χ3n) is 16.2. The number of amides is 3. The van der Waals surface area contributed by atoms with E-state index in [0.29, 0.717) is 166 Å². The topological polar surface area (TPSA) is 491 Å². The van der Waals surface area contributed by atoms with E-state index < -0.39 is 5.91 Å². The van der Waals surface area contributed by atoms with Gasteiger partial charge in [0.1, 0.15) is 45.7 Å². The number of methoxy groups -OCH3 is 3. The number of carbonyl (C=O) groups excluding carboxylic acids is 3. The quantitative estimate of drug-likeness (QED) is 0.0136. The largest absolute Gasteiger partial charge is 0.483 e. The molecule has 0 saturated heterocycles. The third-order valence-corrected chi connectivity index (χ3v) is 16.2. The number of aromatic nitrogens is 17. The van der Waals surface area contributed by atoms with Crippen LogP contribution in [0.3, 0.4) is 0 Å². The van der Waals surface area contributed by atoms with Gasteiger partial charge in [-0.25, -0.2) is 19.9 Å². The molecule has 2 aromatic carbocycles. The van der Waals surface area contributed by atoms with Gasteiger partial charge >= 0.3 is 0 Å². The van der Waals surface area contributed by atoms with Crippen molar-refractivity contribution in [2.24, 2.45) is 0 Å². The zero-order chi connectivity index (χ0) is 83.5. The summed E-state index contributed by atoms with van der Waals surface area (Å²) in [4.78, 5) is 95.2. The molecule has 0 aliphatic heterocycles. The molecule has 118 heavy (non-hydrogen) atoms. The van der Waals surface area contributed by atoms with Gasteiger partial charge in [-0.05, 0) is 108 Å². The normalized spacial score (nSPS) is 10.5. The van der Waals surface area contributed by atoms with Crippen molar-refractivity contribution in [1.29, 1.82) is 0 Å².